The van der Waals surface area contributed by atoms with Gasteiger partial charge in [0.2, 0.25) is 0 Å². The van der Waals surface area contributed by atoms with Gasteiger partial charge in [0, 0.05) is 11.3 Å². The molecule has 0 bridgehead atoms. The lowest BCUT2D eigenvalue weighted by molar-refractivity contribution is -0.138. The van der Waals surface area contributed by atoms with Crippen LogP contribution in [-0.4, -0.2) is 31.9 Å². The lowest BCUT2D eigenvalue weighted by atomic mass is 10.2. The van der Waals surface area contributed by atoms with E-state index in [0.717, 1.165) is 18.2 Å². The normalized spacial score (nSPS) is 11.7. The number of hydrogen-bond acceptors (Lipinski definition) is 4. The summed E-state index contributed by atoms with van der Waals surface area (Å²) in [5.41, 5.74) is -1.00. The first-order valence-corrected chi connectivity index (χ1v) is 8.77. The van der Waals surface area contributed by atoms with Crippen LogP contribution in [0.1, 0.15) is 15.9 Å². The molecule has 1 amide bonds. The van der Waals surface area contributed by atoms with Gasteiger partial charge in [-0.05, 0) is 42.5 Å². The summed E-state index contributed by atoms with van der Waals surface area (Å²) in [7, 11) is -4.28. The van der Waals surface area contributed by atoms with E-state index in [9.17, 15) is 31.2 Å². The molecule has 2 rings (SSSR count). The molecule has 0 saturated carbocycles. The maximum atomic E-state index is 12.7. The summed E-state index contributed by atoms with van der Waals surface area (Å²) in [5.74, 6) is -1.90. The van der Waals surface area contributed by atoms with Crippen molar-refractivity contribution in [3.05, 3.63) is 59.7 Å². The number of benzene rings is 2. The number of rotatable bonds is 6. The number of hydrogen-bond donors (Lipinski definition) is 3. The summed E-state index contributed by atoms with van der Waals surface area (Å²) in [6.07, 6.45) is -4.68. The molecule has 2 aromatic carbocycles. The molecule has 0 spiro atoms. The van der Waals surface area contributed by atoms with Crippen LogP contribution in [0.15, 0.2) is 53.4 Å². The third-order valence-corrected chi connectivity index (χ3v) is 4.65. The lowest BCUT2D eigenvalue weighted by Crippen LogP contribution is -2.29. The molecule has 0 saturated heterocycles. The highest BCUT2D eigenvalue weighted by atomic mass is 32.2. The number of aliphatic carboxylic acids is 1. The second kappa shape index (κ2) is 7.66. The Labute approximate surface area is 151 Å². The van der Waals surface area contributed by atoms with Crippen molar-refractivity contribution < 1.29 is 36.3 Å². The molecule has 0 atom stereocenters. The van der Waals surface area contributed by atoms with Crippen LogP contribution >= 0.6 is 0 Å². The summed E-state index contributed by atoms with van der Waals surface area (Å²) in [6.45, 7) is -0.581. The van der Waals surface area contributed by atoms with Crippen LogP contribution in [0.5, 0.6) is 0 Å². The molecule has 0 radical (unpaired) electrons. The number of carbonyl (C=O) groups excluding carboxylic acids is 1. The van der Waals surface area contributed by atoms with Crippen molar-refractivity contribution in [1.29, 1.82) is 0 Å². The molecule has 0 aromatic heterocycles. The Bertz CT molecular complexity index is 957. The molecule has 0 heterocycles. The van der Waals surface area contributed by atoms with E-state index in [2.05, 4.69) is 10.0 Å². The van der Waals surface area contributed by atoms with Crippen LogP contribution < -0.4 is 10.0 Å². The van der Waals surface area contributed by atoms with Gasteiger partial charge in [0.1, 0.15) is 6.54 Å². The number of alkyl halides is 3. The van der Waals surface area contributed by atoms with Crippen molar-refractivity contribution in [2.24, 2.45) is 0 Å². The van der Waals surface area contributed by atoms with Crippen LogP contribution in [0.4, 0.5) is 18.9 Å². The lowest BCUT2D eigenvalue weighted by Gasteiger charge is -2.11. The Hall–Kier alpha value is -3.08. The van der Waals surface area contributed by atoms with Gasteiger partial charge in [-0.2, -0.15) is 13.2 Å². The Balaban J connectivity index is 2.16. The molecule has 7 nitrogen and oxygen atoms in total. The number of carboxylic acid groups (broad SMARTS) is 1. The molecule has 27 heavy (non-hydrogen) atoms. The third kappa shape index (κ3) is 5.45. The van der Waals surface area contributed by atoms with Gasteiger partial charge < -0.3 is 10.4 Å². The van der Waals surface area contributed by atoms with Gasteiger partial charge in [-0.1, -0.05) is 6.07 Å². The van der Waals surface area contributed by atoms with E-state index >= 15 is 0 Å². The van der Waals surface area contributed by atoms with E-state index in [1.165, 1.54) is 24.3 Å². The SMILES string of the molecule is O=C(O)CNC(=O)c1ccc(NS(=O)(=O)c2cccc(C(F)(F)F)c2)cc1. The van der Waals surface area contributed by atoms with Crippen molar-refractivity contribution in [3.63, 3.8) is 0 Å². The van der Waals surface area contributed by atoms with Crippen molar-refractivity contribution in [2.75, 3.05) is 11.3 Å². The van der Waals surface area contributed by atoms with Crippen LogP contribution in [0.25, 0.3) is 0 Å². The van der Waals surface area contributed by atoms with Gasteiger partial charge in [0.25, 0.3) is 15.9 Å². The van der Waals surface area contributed by atoms with E-state index in [1.54, 1.807) is 0 Å². The zero-order valence-corrected chi connectivity index (χ0v) is 14.3. The maximum absolute atomic E-state index is 12.7. The Morgan fingerprint density at radius 3 is 2.22 bits per heavy atom. The molecule has 0 fully saturated rings. The van der Waals surface area contributed by atoms with E-state index < -0.39 is 45.1 Å². The van der Waals surface area contributed by atoms with Crippen molar-refractivity contribution in [1.82, 2.24) is 5.32 Å². The van der Waals surface area contributed by atoms with E-state index in [-0.39, 0.29) is 11.3 Å². The molecule has 2 aromatic rings. The van der Waals surface area contributed by atoms with E-state index in [4.69, 9.17) is 5.11 Å². The number of carboxylic acids is 1. The predicted molar refractivity (Wildman–Crippen MR) is 88.7 cm³/mol. The van der Waals surface area contributed by atoms with Gasteiger partial charge in [0.05, 0.1) is 10.5 Å². The zero-order valence-electron chi connectivity index (χ0n) is 13.4. The van der Waals surface area contributed by atoms with Gasteiger partial charge in [-0.15, -0.1) is 0 Å². The van der Waals surface area contributed by atoms with E-state index in [1.807, 2.05) is 0 Å². The smallest absolute Gasteiger partial charge is 0.416 e. The molecule has 3 N–H and O–H groups in total. The number of nitrogens with one attached hydrogen (secondary N) is 2. The average molecular weight is 402 g/mol. The fraction of sp³-hybridized carbons (Fsp3) is 0.125. The number of sulfonamides is 1. The fourth-order valence-electron chi connectivity index (χ4n) is 2.00. The topological polar surface area (TPSA) is 113 Å². The van der Waals surface area contributed by atoms with Crippen LogP contribution in [-0.2, 0) is 21.0 Å². The number of halogens is 3. The fourth-order valence-corrected chi connectivity index (χ4v) is 3.11. The Morgan fingerprint density at radius 1 is 1.04 bits per heavy atom. The molecule has 11 heteroatoms. The number of amides is 1. The molecule has 0 unspecified atom stereocenters. The van der Waals surface area contributed by atoms with Crippen LogP contribution in [0, 0.1) is 0 Å². The summed E-state index contributed by atoms with van der Waals surface area (Å²) in [4.78, 5) is 21.5. The zero-order chi connectivity index (χ0) is 20.2. The van der Waals surface area contributed by atoms with Crippen molar-refractivity contribution in [2.45, 2.75) is 11.1 Å². The van der Waals surface area contributed by atoms with Gasteiger partial charge >= 0.3 is 12.1 Å². The van der Waals surface area contributed by atoms with Gasteiger partial charge in [0.15, 0.2) is 0 Å². The molecule has 144 valence electrons. The molecular weight excluding hydrogens is 389 g/mol. The highest BCUT2D eigenvalue weighted by molar-refractivity contribution is 7.92. The van der Waals surface area contributed by atoms with Gasteiger partial charge in [-0.3, -0.25) is 14.3 Å². The Kier molecular flexibility index (Phi) is 5.74. The van der Waals surface area contributed by atoms with E-state index in [0.29, 0.717) is 6.07 Å². The van der Waals surface area contributed by atoms with Crippen LogP contribution in [0.2, 0.25) is 0 Å². The minimum Gasteiger partial charge on any atom is -0.480 e. The standard InChI is InChI=1S/C16H13F3N2O5S/c17-16(18,19)11-2-1-3-13(8-11)27(25,26)21-12-6-4-10(5-7-12)15(24)20-9-14(22)23/h1-8,21H,9H2,(H,20,24)(H,22,23). The third-order valence-electron chi connectivity index (χ3n) is 3.27. The first-order valence-electron chi connectivity index (χ1n) is 7.29. The Morgan fingerprint density at radius 2 is 1.67 bits per heavy atom. The molecule has 0 aliphatic rings. The van der Waals surface area contributed by atoms with Crippen molar-refractivity contribution >= 4 is 27.6 Å². The highest BCUT2D eigenvalue weighted by Crippen LogP contribution is 2.30. The minimum absolute atomic E-state index is 0.0159. The molecular formula is C16H13F3N2O5S. The second-order valence-corrected chi connectivity index (χ2v) is 6.97. The summed E-state index contributed by atoms with van der Waals surface area (Å²) in [6, 6.07) is 8.18. The summed E-state index contributed by atoms with van der Waals surface area (Å²) < 4.78 is 64.8. The summed E-state index contributed by atoms with van der Waals surface area (Å²) >= 11 is 0. The first-order chi connectivity index (χ1) is 12.5. The number of anilines is 1. The average Bonchev–Trinajstić information content (AvgIpc) is 2.59. The highest BCUT2D eigenvalue weighted by Gasteiger charge is 2.31. The number of carbonyl (C=O) groups is 2. The van der Waals surface area contributed by atoms with Crippen LogP contribution in [0.3, 0.4) is 0 Å². The van der Waals surface area contributed by atoms with Crippen molar-refractivity contribution in [3.8, 4) is 0 Å². The monoisotopic (exact) mass is 402 g/mol. The summed E-state index contributed by atoms with van der Waals surface area (Å²) in [5, 5.41) is 10.6. The second-order valence-electron chi connectivity index (χ2n) is 5.28. The quantitative estimate of drug-likeness (QED) is 0.687. The molecule has 0 aliphatic heterocycles. The molecule has 0 aliphatic carbocycles. The first kappa shape index (κ1) is 20.2. The maximum Gasteiger partial charge on any atom is 0.416 e. The van der Waals surface area contributed by atoms with Gasteiger partial charge in [-0.25, -0.2) is 8.42 Å². The largest absolute Gasteiger partial charge is 0.480 e. The minimum atomic E-state index is -4.68. The predicted octanol–water partition coefficient (Wildman–Crippen LogP) is 2.32.